The Morgan fingerprint density at radius 2 is 2.06 bits per heavy atom. The van der Waals surface area contributed by atoms with Crippen molar-refractivity contribution < 1.29 is 0 Å². The minimum Gasteiger partial charge on any atom is -0.310 e. The Labute approximate surface area is 114 Å². The standard InChI is InChI=1S/C16H21NS/c1-12-5-4-6-16(14(12)3)10-17-13(2)9-15-7-8-18-11-15/h4-8,11,13,17H,9-10H2,1-3H3. The van der Waals surface area contributed by atoms with Gasteiger partial charge in [0.1, 0.15) is 0 Å². The van der Waals surface area contributed by atoms with Crippen LogP contribution < -0.4 is 5.32 Å². The molecule has 1 N–H and O–H groups in total. The lowest BCUT2D eigenvalue weighted by molar-refractivity contribution is 0.545. The Morgan fingerprint density at radius 3 is 2.78 bits per heavy atom. The zero-order chi connectivity index (χ0) is 13.0. The van der Waals surface area contributed by atoms with Crippen LogP contribution in [0.15, 0.2) is 35.0 Å². The van der Waals surface area contributed by atoms with E-state index < -0.39 is 0 Å². The van der Waals surface area contributed by atoms with Gasteiger partial charge in [-0.05, 0) is 66.3 Å². The second-order valence-corrected chi connectivity index (χ2v) is 5.76. The summed E-state index contributed by atoms with van der Waals surface area (Å²) in [7, 11) is 0. The molecule has 96 valence electrons. The molecule has 0 saturated heterocycles. The molecule has 0 aliphatic heterocycles. The first-order chi connectivity index (χ1) is 8.66. The highest BCUT2D eigenvalue weighted by Crippen LogP contribution is 2.13. The maximum atomic E-state index is 3.61. The molecule has 1 atom stereocenters. The summed E-state index contributed by atoms with van der Waals surface area (Å²) in [5, 5.41) is 7.99. The third-order valence-electron chi connectivity index (χ3n) is 3.48. The van der Waals surface area contributed by atoms with Crippen LogP contribution >= 0.6 is 11.3 Å². The van der Waals surface area contributed by atoms with Gasteiger partial charge in [-0.3, -0.25) is 0 Å². The van der Waals surface area contributed by atoms with Gasteiger partial charge >= 0.3 is 0 Å². The lowest BCUT2D eigenvalue weighted by Gasteiger charge is -2.15. The predicted octanol–water partition coefficient (Wildman–Crippen LogP) is 4.09. The van der Waals surface area contributed by atoms with E-state index in [0.717, 1.165) is 13.0 Å². The van der Waals surface area contributed by atoms with Crippen molar-refractivity contribution in [3.63, 3.8) is 0 Å². The van der Waals surface area contributed by atoms with Crippen LogP contribution in [0.1, 0.15) is 29.2 Å². The van der Waals surface area contributed by atoms with Crippen molar-refractivity contribution in [1.29, 1.82) is 0 Å². The van der Waals surface area contributed by atoms with Gasteiger partial charge in [-0.2, -0.15) is 11.3 Å². The van der Waals surface area contributed by atoms with Crippen molar-refractivity contribution in [2.75, 3.05) is 0 Å². The monoisotopic (exact) mass is 259 g/mol. The van der Waals surface area contributed by atoms with Gasteiger partial charge in [0.15, 0.2) is 0 Å². The minimum atomic E-state index is 0.513. The van der Waals surface area contributed by atoms with E-state index in [2.05, 4.69) is 61.1 Å². The van der Waals surface area contributed by atoms with Crippen molar-refractivity contribution in [2.45, 2.75) is 39.8 Å². The van der Waals surface area contributed by atoms with E-state index in [1.54, 1.807) is 11.3 Å². The van der Waals surface area contributed by atoms with Crippen molar-refractivity contribution >= 4 is 11.3 Å². The number of aryl methyl sites for hydroxylation is 1. The van der Waals surface area contributed by atoms with Crippen molar-refractivity contribution in [3.05, 3.63) is 57.3 Å². The fourth-order valence-electron chi connectivity index (χ4n) is 2.12. The summed E-state index contributed by atoms with van der Waals surface area (Å²) < 4.78 is 0. The third kappa shape index (κ3) is 3.44. The van der Waals surface area contributed by atoms with Gasteiger partial charge < -0.3 is 5.32 Å². The molecule has 0 amide bonds. The number of rotatable bonds is 5. The van der Waals surface area contributed by atoms with Crippen LogP contribution in [0.4, 0.5) is 0 Å². The van der Waals surface area contributed by atoms with Crippen LogP contribution in [0.3, 0.4) is 0 Å². The Bertz CT molecular complexity index is 488. The lowest BCUT2D eigenvalue weighted by atomic mass is 10.0. The fourth-order valence-corrected chi connectivity index (χ4v) is 2.80. The number of nitrogens with one attached hydrogen (secondary N) is 1. The van der Waals surface area contributed by atoms with Gasteiger partial charge in [-0.25, -0.2) is 0 Å². The summed E-state index contributed by atoms with van der Waals surface area (Å²) in [6.45, 7) is 7.59. The molecular weight excluding hydrogens is 238 g/mol. The van der Waals surface area contributed by atoms with Crippen LogP contribution in [-0.4, -0.2) is 6.04 Å². The molecule has 1 aromatic heterocycles. The van der Waals surface area contributed by atoms with Crippen LogP contribution in [-0.2, 0) is 13.0 Å². The van der Waals surface area contributed by atoms with E-state index in [1.165, 1.54) is 22.3 Å². The van der Waals surface area contributed by atoms with Gasteiger partial charge in [-0.15, -0.1) is 0 Å². The smallest absolute Gasteiger partial charge is 0.0210 e. The van der Waals surface area contributed by atoms with E-state index in [9.17, 15) is 0 Å². The molecule has 2 heteroatoms. The Hall–Kier alpha value is -1.12. The normalized spacial score (nSPS) is 12.6. The summed E-state index contributed by atoms with van der Waals surface area (Å²) >= 11 is 1.77. The molecule has 0 bridgehead atoms. The van der Waals surface area contributed by atoms with E-state index in [4.69, 9.17) is 0 Å². The number of benzene rings is 1. The highest BCUT2D eigenvalue weighted by molar-refractivity contribution is 7.07. The molecule has 1 aromatic carbocycles. The van der Waals surface area contributed by atoms with E-state index >= 15 is 0 Å². The molecule has 1 nitrogen and oxygen atoms in total. The van der Waals surface area contributed by atoms with Crippen LogP contribution in [0.25, 0.3) is 0 Å². The van der Waals surface area contributed by atoms with Gasteiger partial charge in [0.2, 0.25) is 0 Å². The van der Waals surface area contributed by atoms with Crippen LogP contribution in [0.5, 0.6) is 0 Å². The van der Waals surface area contributed by atoms with Crippen molar-refractivity contribution in [3.8, 4) is 0 Å². The zero-order valence-corrected chi connectivity index (χ0v) is 12.2. The van der Waals surface area contributed by atoms with Crippen molar-refractivity contribution in [2.24, 2.45) is 0 Å². The summed E-state index contributed by atoms with van der Waals surface area (Å²) in [6.07, 6.45) is 1.11. The zero-order valence-electron chi connectivity index (χ0n) is 11.4. The highest BCUT2D eigenvalue weighted by Gasteiger charge is 2.05. The second-order valence-electron chi connectivity index (χ2n) is 4.98. The molecule has 0 spiro atoms. The molecule has 0 aliphatic carbocycles. The molecule has 1 unspecified atom stereocenters. The first kappa shape index (κ1) is 13.3. The SMILES string of the molecule is Cc1cccc(CNC(C)Cc2ccsc2)c1C. The highest BCUT2D eigenvalue weighted by atomic mass is 32.1. The van der Waals surface area contributed by atoms with Gasteiger partial charge in [0, 0.05) is 12.6 Å². The molecule has 1 heterocycles. The summed E-state index contributed by atoms with van der Waals surface area (Å²) in [4.78, 5) is 0. The van der Waals surface area contributed by atoms with Gasteiger partial charge in [-0.1, -0.05) is 18.2 Å². The summed E-state index contributed by atoms with van der Waals surface area (Å²) in [5.74, 6) is 0. The van der Waals surface area contributed by atoms with Crippen LogP contribution in [0, 0.1) is 13.8 Å². The van der Waals surface area contributed by atoms with Gasteiger partial charge in [0.25, 0.3) is 0 Å². The average Bonchev–Trinajstić information content (AvgIpc) is 2.84. The molecular formula is C16H21NS. The van der Waals surface area contributed by atoms with E-state index in [-0.39, 0.29) is 0 Å². The molecule has 18 heavy (non-hydrogen) atoms. The third-order valence-corrected chi connectivity index (χ3v) is 4.21. The molecule has 2 aromatic rings. The first-order valence-electron chi connectivity index (χ1n) is 6.46. The summed E-state index contributed by atoms with van der Waals surface area (Å²) in [6, 6.07) is 9.25. The molecule has 0 saturated carbocycles. The predicted molar refractivity (Wildman–Crippen MR) is 80.2 cm³/mol. The number of thiophene rings is 1. The average molecular weight is 259 g/mol. The quantitative estimate of drug-likeness (QED) is 0.853. The van der Waals surface area contributed by atoms with Crippen molar-refractivity contribution in [1.82, 2.24) is 5.32 Å². The molecule has 0 aliphatic rings. The molecule has 0 fully saturated rings. The topological polar surface area (TPSA) is 12.0 Å². The molecule has 0 radical (unpaired) electrons. The Kier molecular flexibility index (Phi) is 4.56. The fraction of sp³-hybridized carbons (Fsp3) is 0.375. The van der Waals surface area contributed by atoms with E-state index in [1.807, 2.05) is 0 Å². The van der Waals surface area contributed by atoms with Crippen LogP contribution in [0.2, 0.25) is 0 Å². The molecule has 2 rings (SSSR count). The minimum absolute atomic E-state index is 0.513. The maximum absolute atomic E-state index is 3.61. The maximum Gasteiger partial charge on any atom is 0.0210 e. The largest absolute Gasteiger partial charge is 0.310 e. The number of hydrogen-bond acceptors (Lipinski definition) is 2. The Balaban J connectivity index is 1.89. The van der Waals surface area contributed by atoms with E-state index in [0.29, 0.717) is 6.04 Å². The first-order valence-corrected chi connectivity index (χ1v) is 7.40. The Morgan fingerprint density at radius 1 is 1.22 bits per heavy atom. The second kappa shape index (κ2) is 6.17. The van der Waals surface area contributed by atoms with Gasteiger partial charge in [0.05, 0.1) is 0 Å². The summed E-state index contributed by atoms with van der Waals surface area (Å²) in [5.41, 5.74) is 5.63. The number of hydrogen-bond donors (Lipinski definition) is 1. The lowest BCUT2D eigenvalue weighted by Crippen LogP contribution is -2.27.